The number of rotatable bonds is 57. The first-order valence-corrected chi connectivity index (χ1v) is 42.6. The van der Waals surface area contributed by atoms with E-state index in [0.29, 0.717) is 16.0 Å². The van der Waals surface area contributed by atoms with Gasteiger partial charge in [-0.25, -0.2) is 9.69 Å². The van der Waals surface area contributed by atoms with Crippen molar-refractivity contribution in [2.75, 3.05) is 26.4 Å². The average Bonchev–Trinajstić information content (AvgIpc) is 0.819. The second kappa shape index (κ2) is 56.4. The molecule has 0 unspecified atom stereocenters. The van der Waals surface area contributed by atoms with Gasteiger partial charge < -0.3 is 137 Å². The van der Waals surface area contributed by atoms with E-state index < -0.39 is 323 Å². The van der Waals surface area contributed by atoms with Gasteiger partial charge in [0.1, 0.15) is 103 Å². The lowest BCUT2D eigenvalue weighted by Gasteiger charge is -2.31. The first kappa shape index (κ1) is 113. The molecule has 4 rings (SSSR count). The Bertz CT molecular complexity index is 4780. The van der Waals surface area contributed by atoms with E-state index in [-0.39, 0.29) is 29.7 Å². The molecule has 17 amide bonds. The minimum atomic E-state index is -2.14. The number of aromatic hydroxyl groups is 1. The van der Waals surface area contributed by atoms with Crippen molar-refractivity contribution in [3.63, 3.8) is 0 Å². The van der Waals surface area contributed by atoms with Crippen LogP contribution in [0.5, 0.6) is 5.75 Å². The molecule has 0 aromatic heterocycles. The molecule has 48 nitrogen and oxygen atoms in total. The number of phenolic OH excluding ortho intramolecular Hbond substituents is 1. The number of aliphatic hydroxyl groups excluding tert-OH is 5. The van der Waals surface area contributed by atoms with E-state index in [1.165, 1.54) is 69.3 Å². The van der Waals surface area contributed by atoms with Gasteiger partial charge in [-0.3, -0.25) is 95.9 Å². The third kappa shape index (κ3) is 38.7. The van der Waals surface area contributed by atoms with Crippen LogP contribution in [0.15, 0.2) is 115 Å². The first-order valence-electron chi connectivity index (χ1n) is 42.6. The Morgan fingerprint density at radius 1 is 0.385 bits per heavy atom. The number of benzene rings is 4. The number of aliphatic carboxylic acids is 3. The molecule has 135 heavy (non-hydrogen) atoms. The van der Waals surface area contributed by atoms with E-state index in [1.807, 2.05) is 5.32 Å². The lowest BCUT2D eigenvalue weighted by atomic mass is 9.98. The van der Waals surface area contributed by atoms with Crippen LogP contribution >= 0.6 is 0 Å². The highest BCUT2D eigenvalue weighted by atomic mass is 16.6. The fourth-order valence-corrected chi connectivity index (χ4v) is 12.8. The highest BCUT2D eigenvalue weighted by Gasteiger charge is 2.43. The number of phenols is 1. The van der Waals surface area contributed by atoms with Crippen molar-refractivity contribution in [1.82, 2.24) is 79.3 Å². The summed E-state index contributed by atoms with van der Waals surface area (Å²) in [7, 11) is 0. The van der Waals surface area contributed by atoms with Crippen molar-refractivity contribution < 1.29 is 151 Å². The molecule has 0 bridgehead atoms. The molecule has 0 aliphatic rings. The van der Waals surface area contributed by atoms with Crippen LogP contribution in [-0.2, 0) is 115 Å². The Hall–Kier alpha value is -14.5. The van der Waals surface area contributed by atoms with Gasteiger partial charge in [0.15, 0.2) is 5.78 Å². The van der Waals surface area contributed by atoms with E-state index in [4.69, 9.17) is 16.2 Å². The van der Waals surface area contributed by atoms with E-state index >= 15 is 0 Å². The molecular formula is C87H119N17O31. The zero-order chi connectivity index (χ0) is 101. The van der Waals surface area contributed by atoms with Crippen LogP contribution in [0.4, 0.5) is 4.79 Å². The highest BCUT2D eigenvalue weighted by molar-refractivity contribution is 6.08. The molecule has 27 N–H and O–H groups in total. The summed E-state index contributed by atoms with van der Waals surface area (Å²) < 4.78 is 5.44. The molecule has 0 saturated carbocycles. The molecule has 48 heteroatoms. The maximum Gasteiger partial charge on any atom is 0.417 e. The average molecular weight is 1900 g/mol. The summed E-state index contributed by atoms with van der Waals surface area (Å²) in [4.78, 5) is 285. The molecule has 0 heterocycles. The Labute approximate surface area is 773 Å². The van der Waals surface area contributed by atoms with Crippen LogP contribution in [0.3, 0.4) is 0 Å². The molecule has 0 spiro atoms. The monoisotopic (exact) mass is 1900 g/mol. The molecular weight excluding hydrogens is 1780 g/mol. The van der Waals surface area contributed by atoms with Gasteiger partial charge >= 0.3 is 24.0 Å². The summed E-state index contributed by atoms with van der Waals surface area (Å²) in [5.74, 6) is -26.8. The second-order valence-electron chi connectivity index (χ2n) is 32.2. The van der Waals surface area contributed by atoms with Crippen LogP contribution in [0.25, 0.3) is 0 Å². The maximum absolute atomic E-state index is 14.6. The van der Waals surface area contributed by atoms with Gasteiger partial charge in [0.05, 0.1) is 45.0 Å². The van der Waals surface area contributed by atoms with Crippen LogP contribution < -0.4 is 85.9 Å². The van der Waals surface area contributed by atoms with Crippen LogP contribution in [0.2, 0.25) is 0 Å². The summed E-state index contributed by atoms with van der Waals surface area (Å²) in [6.45, 7) is 5.07. The lowest BCUT2D eigenvalue weighted by Crippen LogP contribution is -2.63. The quantitative estimate of drug-likeness (QED) is 0.0183. The van der Waals surface area contributed by atoms with E-state index in [9.17, 15) is 147 Å². The fourth-order valence-electron chi connectivity index (χ4n) is 12.8. The second-order valence-corrected chi connectivity index (χ2v) is 32.2. The minimum absolute atomic E-state index is 0.0211. The molecule has 4 aromatic rings. The van der Waals surface area contributed by atoms with Gasteiger partial charge in [-0.1, -0.05) is 131 Å². The van der Waals surface area contributed by atoms with Crippen molar-refractivity contribution in [2.24, 2.45) is 23.3 Å². The Morgan fingerprint density at radius 3 is 1.27 bits per heavy atom. The molecule has 0 saturated heterocycles. The number of imide groups is 1. The summed E-state index contributed by atoms with van der Waals surface area (Å²) in [5, 5.41) is 123. The van der Waals surface area contributed by atoms with Gasteiger partial charge in [0.2, 0.25) is 88.6 Å². The number of ketones is 1. The molecule has 17 atom stereocenters. The molecule has 4 aromatic carbocycles. The summed E-state index contributed by atoms with van der Waals surface area (Å²) in [6, 6.07) is 1.16. The van der Waals surface area contributed by atoms with Crippen molar-refractivity contribution in [3.8, 4) is 5.75 Å². The Kier molecular flexibility index (Phi) is 47.1. The number of nitrogens with two attached hydrogens (primary N) is 2. The molecule has 0 aliphatic heterocycles. The normalized spacial score (nSPS) is 14.8. The van der Waals surface area contributed by atoms with Gasteiger partial charge in [-0.2, -0.15) is 0 Å². The number of amides is 17. The van der Waals surface area contributed by atoms with E-state index in [1.54, 1.807) is 80.6 Å². The van der Waals surface area contributed by atoms with Gasteiger partial charge in [0.25, 0.3) is 5.91 Å². The SMILES string of the molecule is CC(C)C[C@H](NC(=O)[C@H](Cc1ccc(O)cc1)NC(=O)[C@H](CO)NC(=O)[C@H](CO)NC(=O)[C@@H](NC(=O)[C@H](CC(=O)O)NC(=O)[C@H](CO)NC(=O)[C@@H](NC(=O)[C@H](Cc1ccccc1)NC(=O)[C@@H](N)[C@@H](C)O)[C@@H](C)O)C(C)C)C(=O)N[C@@H](CCC(=O)O)C(=O)NCC(=O)N[C@@H](CCC(N)=O)C(=O)N[C@@H](C)C(=O)N[C@@H](C)C(=O)N(C(=O)OCc1ccccc1)[C@@H](CCC(=O)O)C(=O)c1ccccc1. The van der Waals surface area contributed by atoms with Crippen molar-refractivity contribution >= 4 is 124 Å². The third-order valence-corrected chi connectivity index (χ3v) is 20.3. The fraction of sp³-hybridized carbons (Fsp3) is 0.483. The Balaban J connectivity index is 1.49. The van der Waals surface area contributed by atoms with Gasteiger partial charge in [-0.15, -0.1) is 0 Å². The zero-order valence-electron chi connectivity index (χ0n) is 75.2. The lowest BCUT2D eigenvalue weighted by molar-refractivity contribution is -0.142. The van der Waals surface area contributed by atoms with Crippen molar-refractivity contribution in [1.29, 1.82) is 0 Å². The number of carboxylic acids is 3. The number of nitrogens with one attached hydrogen (secondary N) is 14. The zero-order valence-corrected chi connectivity index (χ0v) is 75.2. The number of carboxylic acid groups (broad SMARTS) is 3. The number of aliphatic hydroxyl groups is 5. The van der Waals surface area contributed by atoms with E-state index in [2.05, 4.69) is 69.1 Å². The number of Topliss-reactive ketones (excluding diaryl/α,β-unsaturated/α-hetero) is 1. The molecule has 0 radical (unpaired) electrons. The molecule has 738 valence electrons. The number of nitrogens with zero attached hydrogens (tertiary/aromatic N) is 1. The van der Waals surface area contributed by atoms with Crippen LogP contribution in [0.1, 0.15) is 134 Å². The molecule has 0 fully saturated rings. The number of primary amides is 1. The Morgan fingerprint density at radius 2 is 0.785 bits per heavy atom. The van der Waals surface area contributed by atoms with Crippen molar-refractivity contribution in [3.05, 3.63) is 138 Å². The number of ether oxygens (including phenoxy) is 1. The largest absolute Gasteiger partial charge is 0.508 e. The molecule has 0 aliphatic carbocycles. The van der Waals surface area contributed by atoms with Crippen LogP contribution in [-0.4, -0.2) is 304 Å². The number of carbonyl (C=O) groups excluding carboxylic acids is 18. The highest BCUT2D eigenvalue weighted by Crippen LogP contribution is 2.21. The summed E-state index contributed by atoms with van der Waals surface area (Å²) in [5.41, 5.74) is 12.3. The maximum atomic E-state index is 14.6. The topological polar surface area (TPSA) is 773 Å². The standard InChI is InChI=1S/C87H119N17O31/c1-43(2)34-56(76(123)94-54(29-32-66(113)114)74(121)90-38-65(112)93-55(28-31-64(88)111)75(122)91-45(5)73(120)92-46(6)86(133)104(87(134)135-42-51-20-14-10-15-21-51)63(30-33-67(115)116)72(119)52-22-16-11-17-23-52)95-77(124)57(36-50-24-26-53(110)27-25-50)96-80(127)60(39-105)99-82(129)62(41-107)100-84(131)70(44(3)4)102-79(126)59(37-68(117)118)97-81(128)61(40-106)101-85(132)71(48(8)109)103-78(125)58(35-49-18-12-9-13-19-49)98-83(130)69(89)47(7)108/h9-27,43-48,54-63,69-71,105-110H,28-42,89H2,1-8H3,(H2,88,111)(H,90,121)(H,91,122)(H,92,120)(H,93,112)(H,94,123)(H,95,124)(H,96,127)(H,97,128)(H,98,130)(H,99,129)(H,100,131)(H,101,132)(H,102,126)(H,103,125)(H,113,114)(H,115,116)(H,117,118)/t45-,46-,47+,48+,54-,55-,56-,57-,58-,59-,60-,61-,62-,63-,69-,70-,71-/m0/s1. The third-order valence-electron chi connectivity index (χ3n) is 20.3. The summed E-state index contributed by atoms with van der Waals surface area (Å²) >= 11 is 0. The van der Waals surface area contributed by atoms with Gasteiger partial charge in [-0.05, 0) is 94.0 Å². The number of hydrogen-bond acceptors (Lipinski definition) is 29. The summed E-state index contributed by atoms with van der Waals surface area (Å²) in [6.07, 6.45) is -10.7. The number of carbonyl (C=O) groups is 21. The van der Waals surface area contributed by atoms with Gasteiger partial charge in [0, 0.05) is 37.7 Å². The van der Waals surface area contributed by atoms with Crippen LogP contribution in [0, 0.1) is 11.8 Å². The number of hydrogen-bond donors (Lipinski definition) is 25. The first-order chi connectivity index (χ1) is 63.6. The predicted octanol–water partition coefficient (Wildman–Crippen LogP) is -6.71. The minimum Gasteiger partial charge on any atom is -0.508 e. The van der Waals surface area contributed by atoms with Crippen molar-refractivity contribution in [2.45, 2.75) is 229 Å². The predicted molar refractivity (Wildman–Crippen MR) is 471 cm³/mol. The smallest absolute Gasteiger partial charge is 0.417 e. The van der Waals surface area contributed by atoms with E-state index in [0.717, 1.165) is 20.8 Å².